The SMILES string of the molecule is Fc1cc2ncn(-c3nc4ccc(Cl)nc4n3C3CC3)c2cc1F. The molecule has 120 valence electrons. The third-order valence-corrected chi connectivity index (χ3v) is 4.41. The van der Waals surface area contributed by atoms with E-state index in [0.29, 0.717) is 33.3 Å². The Morgan fingerprint density at radius 3 is 2.62 bits per heavy atom. The van der Waals surface area contributed by atoms with E-state index in [1.807, 2.05) is 4.57 Å². The number of hydrogen-bond donors (Lipinski definition) is 0. The van der Waals surface area contributed by atoms with Gasteiger partial charge in [-0.05, 0) is 25.0 Å². The van der Waals surface area contributed by atoms with Gasteiger partial charge in [0, 0.05) is 18.2 Å². The van der Waals surface area contributed by atoms with Crippen LogP contribution in [0.5, 0.6) is 0 Å². The normalized spacial score (nSPS) is 14.8. The van der Waals surface area contributed by atoms with Crippen LogP contribution in [-0.4, -0.2) is 24.1 Å². The van der Waals surface area contributed by atoms with Crippen molar-refractivity contribution in [2.24, 2.45) is 0 Å². The molecule has 1 aromatic carbocycles. The van der Waals surface area contributed by atoms with Crippen molar-refractivity contribution in [3.8, 4) is 5.95 Å². The summed E-state index contributed by atoms with van der Waals surface area (Å²) in [5, 5.41) is 0.388. The lowest BCUT2D eigenvalue weighted by Crippen LogP contribution is -2.05. The summed E-state index contributed by atoms with van der Waals surface area (Å²) in [5.74, 6) is -1.26. The summed E-state index contributed by atoms with van der Waals surface area (Å²) >= 11 is 6.02. The van der Waals surface area contributed by atoms with Gasteiger partial charge in [-0.25, -0.2) is 23.7 Å². The lowest BCUT2D eigenvalue weighted by atomic mass is 10.3. The minimum absolute atomic E-state index is 0.277. The van der Waals surface area contributed by atoms with Crippen molar-refractivity contribution in [2.75, 3.05) is 0 Å². The molecule has 1 fully saturated rings. The number of imidazole rings is 2. The summed E-state index contributed by atoms with van der Waals surface area (Å²) in [5.41, 5.74) is 2.21. The quantitative estimate of drug-likeness (QED) is 0.515. The number of benzene rings is 1. The van der Waals surface area contributed by atoms with Crippen LogP contribution in [0, 0.1) is 11.6 Å². The minimum atomic E-state index is -0.920. The molecular weight excluding hydrogens is 336 g/mol. The zero-order valence-corrected chi connectivity index (χ0v) is 13.0. The number of halogens is 3. The van der Waals surface area contributed by atoms with E-state index in [4.69, 9.17) is 11.6 Å². The Kier molecular flexibility index (Phi) is 2.73. The van der Waals surface area contributed by atoms with Crippen LogP contribution in [0.15, 0.2) is 30.6 Å². The molecule has 4 aromatic rings. The maximum atomic E-state index is 13.7. The fourth-order valence-electron chi connectivity index (χ4n) is 2.94. The van der Waals surface area contributed by atoms with Crippen LogP contribution in [-0.2, 0) is 0 Å². The van der Waals surface area contributed by atoms with Crippen LogP contribution < -0.4 is 0 Å². The van der Waals surface area contributed by atoms with E-state index in [9.17, 15) is 8.78 Å². The van der Waals surface area contributed by atoms with Crippen LogP contribution in [0.25, 0.3) is 28.1 Å². The van der Waals surface area contributed by atoms with Gasteiger partial charge in [0.1, 0.15) is 17.0 Å². The number of aromatic nitrogens is 5. The maximum Gasteiger partial charge on any atom is 0.218 e. The molecule has 24 heavy (non-hydrogen) atoms. The first-order valence-corrected chi connectivity index (χ1v) is 7.86. The first-order valence-electron chi connectivity index (χ1n) is 7.49. The molecule has 0 N–H and O–H groups in total. The number of pyridine rings is 1. The predicted molar refractivity (Wildman–Crippen MR) is 85.4 cm³/mol. The van der Waals surface area contributed by atoms with Gasteiger partial charge in [-0.3, -0.25) is 9.13 Å². The average molecular weight is 346 g/mol. The van der Waals surface area contributed by atoms with Crippen molar-refractivity contribution < 1.29 is 8.78 Å². The van der Waals surface area contributed by atoms with E-state index in [1.54, 1.807) is 16.7 Å². The van der Waals surface area contributed by atoms with Gasteiger partial charge in [0.2, 0.25) is 5.95 Å². The Bertz CT molecular complexity index is 1110. The number of fused-ring (bicyclic) bond motifs is 2. The molecule has 3 aromatic heterocycles. The lowest BCUT2D eigenvalue weighted by molar-refractivity contribution is 0.510. The Balaban J connectivity index is 1.83. The highest BCUT2D eigenvalue weighted by Gasteiger charge is 2.30. The van der Waals surface area contributed by atoms with Gasteiger partial charge in [-0.2, -0.15) is 0 Å². The molecule has 0 aliphatic heterocycles. The second-order valence-electron chi connectivity index (χ2n) is 5.86. The first-order chi connectivity index (χ1) is 11.6. The van der Waals surface area contributed by atoms with Crippen molar-refractivity contribution in [2.45, 2.75) is 18.9 Å². The van der Waals surface area contributed by atoms with Crippen molar-refractivity contribution in [1.82, 2.24) is 24.1 Å². The Morgan fingerprint density at radius 2 is 1.83 bits per heavy atom. The van der Waals surface area contributed by atoms with Crippen LogP contribution in [0.4, 0.5) is 8.78 Å². The van der Waals surface area contributed by atoms with E-state index in [2.05, 4.69) is 15.0 Å². The summed E-state index contributed by atoms with van der Waals surface area (Å²) in [6.07, 6.45) is 3.55. The van der Waals surface area contributed by atoms with Gasteiger partial charge in [0.25, 0.3) is 0 Å². The molecule has 1 aliphatic rings. The van der Waals surface area contributed by atoms with E-state index >= 15 is 0 Å². The van der Waals surface area contributed by atoms with Crippen LogP contribution in [0.2, 0.25) is 5.15 Å². The van der Waals surface area contributed by atoms with Gasteiger partial charge in [-0.15, -0.1) is 0 Å². The van der Waals surface area contributed by atoms with Crippen molar-refractivity contribution in [1.29, 1.82) is 0 Å². The third-order valence-electron chi connectivity index (χ3n) is 4.20. The molecule has 3 heterocycles. The molecule has 0 radical (unpaired) electrons. The third kappa shape index (κ3) is 1.94. The van der Waals surface area contributed by atoms with Gasteiger partial charge in [0.15, 0.2) is 17.3 Å². The zero-order chi connectivity index (χ0) is 16.4. The Hall–Kier alpha value is -2.54. The first kappa shape index (κ1) is 13.9. The van der Waals surface area contributed by atoms with Crippen LogP contribution >= 0.6 is 11.6 Å². The van der Waals surface area contributed by atoms with Crippen molar-refractivity contribution >= 4 is 33.8 Å². The number of hydrogen-bond acceptors (Lipinski definition) is 3. The molecule has 5 nitrogen and oxygen atoms in total. The summed E-state index contributed by atoms with van der Waals surface area (Å²) in [7, 11) is 0. The molecule has 0 amide bonds. The highest BCUT2D eigenvalue weighted by molar-refractivity contribution is 6.29. The van der Waals surface area contributed by atoms with Crippen LogP contribution in [0.1, 0.15) is 18.9 Å². The predicted octanol–water partition coefficient (Wildman–Crippen LogP) is 4.04. The molecule has 0 saturated heterocycles. The molecule has 0 spiro atoms. The van der Waals surface area contributed by atoms with Gasteiger partial charge in [0.05, 0.1) is 11.0 Å². The molecule has 1 aliphatic carbocycles. The van der Waals surface area contributed by atoms with Gasteiger partial charge in [-0.1, -0.05) is 11.6 Å². The van der Waals surface area contributed by atoms with E-state index < -0.39 is 11.6 Å². The Labute approximate surface area is 139 Å². The highest BCUT2D eigenvalue weighted by Crippen LogP contribution is 2.39. The molecule has 5 rings (SSSR count). The van der Waals surface area contributed by atoms with Crippen LogP contribution in [0.3, 0.4) is 0 Å². The average Bonchev–Trinajstić information content (AvgIpc) is 3.21. The molecule has 0 bridgehead atoms. The molecular formula is C16H10ClF2N5. The minimum Gasteiger partial charge on any atom is -0.291 e. The molecule has 0 atom stereocenters. The standard InChI is InChI=1S/C16H10ClF2N5/c17-14-4-3-11-15(22-14)24(8-1-2-8)16(21-11)23-7-20-12-5-9(18)10(19)6-13(12)23/h3-8H,1-2H2. The van der Waals surface area contributed by atoms with E-state index in [-0.39, 0.29) is 6.04 Å². The maximum absolute atomic E-state index is 13.7. The fourth-order valence-corrected chi connectivity index (χ4v) is 3.08. The van der Waals surface area contributed by atoms with Crippen molar-refractivity contribution in [3.05, 3.63) is 47.4 Å². The Morgan fingerprint density at radius 1 is 1.04 bits per heavy atom. The summed E-state index contributed by atoms with van der Waals surface area (Å²) < 4.78 is 30.7. The lowest BCUT2D eigenvalue weighted by Gasteiger charge is -2.08. The monoisotopic (exact) mass is 345 g/mol. The summed E-state index contributed by atoms with van der Waals surface area (Å²) in [6.45, 7) is 0. The smallest absolute Gasteiger partial charge is 0.218 e. The largest absolute Gasteiger partial charge is 0.291 e. The summed E-state index contributed by atoms with van der Waals surface area (Å²) in [4.78, 5) is 13.1. The highest BCUT2D eigenvalue weighted by atomic mass is 35.5. The summed E-state index contributed by atoms with van der Waals surface area (Å²) in [6, 6.07) is 5.97. The van der Waals surface area contributed by atoms with Crippen molar-refractivity contribution in [3.63, 3.8) is 0 Å². The van der Waals surface area contributed by atoms with E-state index in [1.165, 1.54) is 6.33 Å². The fraction of sp³-hybridized carbons (Fsp3) is 0.188. The zero-order valence-electron chi connectivity index (χ0n) is 12.2. The molecule has 8 heteroatoms. The number of nitrogens with zero attached hydrogens (tertiary/aromatic N) is 5. The molecule has 0 unspecified atom stereocenters. The molecule has 1 saturated carbocycles. The number of rotatable bonds is 2. The second-order valence-corrected chi connectivity index (χ2v) is 6.25. The van der Waals surface area contributed by atoms with E-state index in [0.717, 1.165) is 25.0 Å². The topological polar surface area (TPSA) is 48.5 Å². The van der Waals surface area contributed by atoms with Gasteiger partial charge < -0.3 is 0 Å². The van der Waals surface area contributed by atoms with Gasteiger partial charge >= 0.3 is 0 Å². The second kappa shape index (κ2) is 4.73.